The third-order valence-corrected chi connectivity index (χ3v) is 2.65. The SMILES string of the molecule is CN=C(CC#N)c1ccc(Cl)cc1Br. The summed E-state index contributed by atoms with van der Waals surface area (Å²) < 4.78 is 0.862. The van der Waals surface area contributed by atoms with E-state index in [0.29, 0.717) is 11.4 Å². The highest BCUT2D eigenvalue weighted by Gasteiger charge is 2.06. The standard InChI is InChI=1S/C10H8BrClN2/c1-14-10(4-5-13)8-3-2-7(12)6-9(8)11/h2-3,6H,4H2,1H3. The molecule has 72 valence electrons. The van der Waals surface area contributed by atoms with Gasteiger partial charge in [-0.15, -0.1) is 0 Å². The minimum atomic E-state index is 0.302. The summed E-state index contributed by atoms with van der Waals surface area (Å²) in [6.45, 7) is 0. The maximum Gasteiger partial charge on any atom is 0.0776 e. The summed E-state index contributed by atoms with van der Waals surface area (Å²) in [6, 6.07) is 7.50. The summed E-state index contributed by atoms with van der Waals surface area (Å²) in [5, 5.41) is 9.26. The molecule has 0 bridgehead atoms. The molecular formula is C10H8BrClN2. The van der Waals surface area contributed by atoms with Crippen LogP contribution in [-0.2, 0) is 0 Å². The topological polar surface area (TPSA) is 36.1 Å². The Morgan fingerprint density at radius 3 is 2.86 bits per heavy atom. The summed E-state index contributed by atoms with van der Waals surface area (Å²) in [5.74, 6) is 0. The maximum atomic E-state index is 8.60. The van der Waals surface area contributed by atoms with Crippen molar-refractivity contribution >= 4 is 33.2 Å². The molecule has 0 aliphatic heterocycles. The van der Waals surface area contributed by atoms with Crippen molar-refractivity contribution in [3.05, 3.63) is 33.3 Å². The molecule has 1 rings (SSSR count). The molecule has 0 unspecified atom stereocenters. The highest BCUT2D eigenvalue weighted by molar-refractivity contribution is 9.10. The lowest BCUT2D eigenvalue weighted by Gasteiger charge is -2.04. The highest BCUT2D eigenvalue weighted by atomic mass is 79.9. The molecule has 2 nitrogen and oxygen atoms in total. The molecule has 0 saturated heterocycles. The number of hydrogen-bond acceptors (Lipinski definition) is 2. The van der Waals surface area contributed by atoms with Crippen molar-refractivity contribution in [1.29, 1.82) is 5.26 Å². The van der Waals surface area contributed by atoms with Gasteiger partial charge in [0, 0.05) is 22.1 Å². The molecule has 0 aromatic heterocycles. The van der Waals surface area contributed by atoms with Crippen molar-refractivity contribution < 1.29 is 0 Å². The van der Waals surface area contributed by atoms with Gasteiger partial charge in [-0.25, -0.2) is 0 Å². The van der Waals surface area contributed by atoms with Gasteiger partial charge in [0.25, 0.3) is 0 Å². The number of aliphatic imine (C=N–C) groups is 1. The van der Waals surface area contributed by atoms with Crippen LogP contribution < -0.4 is 0 Å². The second-order valence-electron chi connectivity index (χ2n) is 2.63. The molecule has 0 spiro atoms. The molecule has 0 aliphatic carbocycles. The molecule has 0 fully saturated rings. The van der Waals surface area contributed by atoms with Crippen molar-refractivity contribution in [3.63, 3.8) is 0 Å². The fourth-order valence-corrected chi connectivity index (χ4v) is 2.00. The van der Waals surface area contributed by atoms with Gasteiger partial charge < -0.3 is 0 Å². The maximum absolute atomic E-state index is 8.60. The summed E-state index contributed by atoms with van der Waals surface area (Å²) in [4.78, 5) is 4.06. The van der Waals surface area contributed by atoms with E-state index in [1.54, 1.807) is 19.2 Å². The van der Waals surface area contributed by atoms with Crippen LogP contribution in [0.3, 0.4) is 0 Å². The first kappa shape index (κ1) is 11.2. The normalized spacial score (nSPS) is 11.1. The largest absolute Gasteiger partial charge is 0.291 e. The zero-order valence-electron chi connectivity index (χ0n) is 7.59. The van der Waals surface area contributed by atoms with Gasteiger partial charge in [0.05, 0.1) is 18.2 Å². The number of hydrogen-bond donors (Lipinski definition) is 0. The molecule has 4 heteroatoms. The summed E-state index contributed by atoms with van der Waals surface area (Å²) in [7, 11) is 1.67. The lowest BCUT2D eigenvalue weighted by molar-refractivity contribution is 1.32. The van der Waals surface area contributed by atoms with Crippen LogP contribution in [0, 0.1) is 11.3 Å². The second kappa shape index (κ2) is 5.14. The van der Waals surface area contributed by atoms with Crippen LogP contribution in [0.2, 0.25) is 5.02 Å². The van der Waals surface area contributed by atoms with Crippen LogP contribution >= 0.6 is 27.5 Å². The van der Waals surface area contributed by atoms with Gasteiger partial charge in [-0.3, -0.25) is 4.99 Å². The van der Waals surface area contributed by atoms with Crippen LogP contribution in [0.15, 0.2) is 27.7 Å². The number of halogens is 2. The predicted molar refractivity (Wildman–Crippen MR) is 61.8 cm³/mol. The van der Waals surface area contributed by atoms with Crippen LogP contribution in [0.5, 0.6) is 0 Å². The summed E-state index contributed by atoms with van der Waals surface area (Å²) in [6.07, 6.45) is 0.302. The molecule has 0 amide bonds. The van der Waals surface area contributed by atoms with E-state index in [0.717, 1.165) is 15.7 Å². The monoisotopic (exact) mass is 270 g/mol. The van der Waals surface area contributed by atoms with Crippen LogP contribution in [0.4, 0.5) is 0 Å². The first-order valence-corrected chi connectivity index (χ1v) is 5.14. The van der Waals surface area contributed by atoms with E-state index in [2.05, 4.69) is 27.0 Å². The minimum absolute atomic E-state index is 0.302. The van der Waals surface area contributed by atoms with Gasteiger partial charge in [-0.2, -0.15) is 5.26 Å². The Bertz CT molecular complexity index is 407. The number of rotatable bonds is 2. The zero-order valence-corrected chi connectivity index (χ0v) is 9.93. The molecule has 0 radical (unpaired) electrons. The third kappa shape index (κ3) is 2.57. The number of nitrogens with zero attached hydrogens (tertiary/aromatic N) is 2. The fraction of sp³-hybridized carbons (Fsp3) is 0.200. The Morgan fingerprint density at radius 1 is 1.64 bits per heavy atom. The van der Waals surface area contributed by atoms with Crippen molar-refractivity contribution in [2.45, 2.75) is 6.42 Å². The van der Waals surface area contributed by atoms with E-state index in [-0.39, 0.29) is 0 Å². The van der Waals surface area contributed by atoms with Crippen LogP contribution in [-0.4, -0.2) is 12.8 Å². The molecule has 0 aliphatic rings. The first-order valence-electron chi connectivity index (χ1n) is 3.97. The van der Waals surface area contributed by atoms with E-state index in [1.807, 2.05) is 6.07 Å². The van der Waals surface area contributed by atoms with Crippen molar-refractivity contribution in [3.8, 4) is 6.07 Å². The molecule has 0 saturated carbocycles. The van der Waals surface area contributed by atoms with E-state index >= 15 is 0 Å². The Hall–Kier alpha value is -0.850. The Kier molecular flexibility index (Phi) is 4.12. The van der Waals surface area contributed by atoms with E-state index < -0.39 is 0 Å². The van der Waals surface area contributed by atoms with Crippen molar-refractivity contribution in [2.75, 3.05) is 7.05 Å². The molecule has 0 N–H and O–H groups in total. The van der Waals surface area contributed by atoms with Gasteiger partial charge >= 0.3 is 0 Å². The van der Waals surface area contributed by atoms with Gasteiger partial charge in [-0.1, -0.05) is 33.6 Å². The lowest BCUT2D eigenvalue weighted by Crippen LogP contribution is -2.00. The van der Waals surface area contributed by atoms with Gasteiger partial charge in [0.1, 0.15) is 0 Å². The lowest BCUT2D eigenvalue weighted by atomic mass is 10.1. The zero-order chi connectivity index (χ0) is 10.6. The van der Waals surface area contributed by atoms with E-state index in [1.165, 1.54) is 0 Å². The average Bonchev–Trinajstić information content (AvgIpc) is 2.15. The van der Waals surface area contributed by atoms with Crippen molar-refractivity contribution in [1.82, 2.24) is 0 Å². The summed E-state index contributed by atoms with van der Waals surface area (Å²) >= 11 is 9.19. The molecule has 0 atom stereocenters. The average molecular weight is 272 g/mol. The quantitative estimate of drug-likeness (QED) is 0.759. The Balaban J connectivity index is 3.13. The van der Waals surface area contributed by atoms with Gasteiger partial charge in [-0.05, 0) is 12.1 Å². The highest BCUT2D eigenvalue weighted by Crippen LogP contribution is 2.22. The Labute approximate surface area is 96.3 Å². The number of nitriles is 1. The molecule has 14 heavy (non-hydrogen) atoms. The predicted octanol–water partition coefficient (Wildman–Crippen LogP) is 3.44. The second-order valence-corrected chi connectivity index (χ2v) is 3.92. The first-order chi connectivity index (χ1) is 6.69. The van der Waals surface area contributed by atoms with Crippen LogP contribution in [0.1, 0.15) is 12.0 Å². The van der Waals surface area contributed by atoms with Gasteiger partial charge in [0.2, 0.25) is 0 Å². The smallest absolute Gasteiger partial charge is 0.0776 e. The van der Waals surface area contributed by atoms with Gasteiger partial charge in [0.15, 0.2) is 0 Å². The van der Waals surface area contributed by atoms with Crippen LogP contribution in [0.25, 0.3) is 0 Å². The van der Waals surface area contributed by atoms with E-state index in [9.17, 15) is 0 Å². The molecule has 0 heterocycles. The fourth-order valence-electron chi connectivity index (χ4n) is 1.09. The Morgan fingerprint density at radius 2 is 2.36 bits per heavy atom. The molecule has 1 aromatic rings. The number of benzene rings is 1. The van der Waals surface area contributed by atoms with E-state index in [4.69, 9.17) is 16.9 Å². The molecular weight excluding hydrogens is 263 g/mol. The summed E-state index contributed by atoms with van der Waals surface area (Å²) in [5.41, 5.74) is 1.68. The third-order valence-electron chi connectivity index (χ3n) is 1.76. The van der Waals surface area contributed by atoms with Crippen molar-refractivity contribution in [2.24, 2.45) is 4.99 Å². The molecule has 1 aromatic carbocycles. The minimum Gasteiger partial charge on any atom is -0.291 e.